The van der Waals surface area contributed by atoms with Crippen LogP contribution in [0.1, 0.15) is 17.0 Å². The quantitative estimate of drug-likeness (QED) is 0.309. The average Bonchev–Trinajstić information content (AvgIpc) is 2.76. The van der Waals surface area contributed by atoms with E-state index in [2.05, 4.69) is 24.2 Å². The predicted molar refractivity (Wildman–Crippen MR) is 116 cm³/mol. The second-order valence-electron chi connectivity index (χ2n) is 6.72. The molecule has 0 radical (unpaired) electrons. The number of phenols is 1. The minimum atomic E-state index is 0.171. The van der Waals surface area contributed by atoms with E-state index in [-0.39, 0.29) is 5.75 Å². The maximum Gasteiger partial charge on any atom is 0.181 e. The van der Waals surface area contributed by atoms with Gasteiger partial charge in [-0.2, -0.15) is 5.10 Å². The lowest BCUT2D eigenvalue weighted by atomic mass is 10.0. The van der Waals surface area contributed by atoms with E-state index in [0.717, 1.165) is 28.1 Å². The Balaban J connectivity index is 1.89. The van der Waals surface area contributed by atoms with Gasteiger partial charge in [0.1, 0.15) is 11.5 Å². The van der Waals surface area contributed by atoms with Crippen molar-refractivity contribution in [2.45, 2.75) is 6.92 Å². The summed E-state index contributed by atoms with van der Waals surface area (Å²) >= 11 is 0. The molecule has 4 aromatic rings. The molecule has 0 atom stereocenters. The van der Waals surface area contributed by atoms with Gasteiger partial charge in [0.2, 0.25) is 0 Å². The van der Waals surface area contributed by atoms with E-state index >= 15 is 0 Å². The number of aryl methyl sites for hydroxylation is 1. The molecule has 4 rings (SSSR count). The Bertz CT molecular complexity index is 1150. The Morgan fingerprint density at radius 2 is 1.38 bits per heavy atom. The summed E-state index contributed by atoms with van der Waals surface area (Å²) in [7, 11) is 0. The molecular weight excluding hydrogens is 360 g/mol. The summed E-state index contributed by atoms with van der Waals surface area (Å²) in [5.74, 6) is 6.31. The predicted octanol–water partition coefficient (Wildman–Crippen LogP) is 4.54. The Hall–Kier alpha value is -3.99. The van der Waals surface area contributed by atoms with Crippen LogP contribution in [0.3, 0.4) is 0 Å². The van der Waals surface area contributed by atoms with Crippen LogP contribution in [-0.4, -0.2) is 20.8 Å². The molecule has 1 aromatic heterocycles. The van der Waals surface area contributed by atoms with Crippen LogP contribution in [0.4, 0.5) is 0 Å². The normalized spacial score (nSPS) is 11.4. The Morgan fingerprint density at radius 3 is 1.97 bits per heavy atom. The number of hydrazone groups is 1. The molecule has 0 aliphatic heterocycles. The highest BCUT2D eigenvalue weighted by molar-refractivity contribution is 6.10. The molecule has 5 heteroatoms. The SMILES string of the molecule is Cc1ccc(-c2cc(-c3ccccc3)nc(C(=NN)c3ccc(O)cc3)n2)cc1. The average molecular weight is 380 g/mol. The lowest BCUT2D eigenvalue weighted by molar-refractivity contribution is 0.475. The number of nitrogens with zero attached hydrogens (tertiary/aromatic N) is 3. The number of benzene rings is 3. The van der Waals surface area contributed by atoms with Gasteiger partial charge in [0, 0.05) is 16.7 Å². The molecule has 3 aromatic carbocycles. The molecule has 1 heterocycles. The fourth-order valence-corrected chi connectivity index (χ4v) is 3.06. The van der Waals surface area contributed by atoms with Crippen LogP contribution in [0.2, 0.25) is 0 Å². The van der Waals surface area contributed by atoms with E-state index < -0.39 is 0 Å². The molecule has 0 saturated carbocycles. The Kier molecular flexibility index (Phi) is 5.03. The number of nitrogens with two attached hydrogens (primary N) is 1. The van der Waals surface area contributed by atoms with Crippen LogP contribution in [0.15, 0.2) is 90.0 Å². The van der Waals surface area contributed by atoms with Gasteiger partial charge >= 0.3 is 0 Å². The lowest BCUT2D eigenvalue weighted by Crippen LogP contribution is -2.12. The molecular formula is C24H20N4O. The molecule has 0 saturated heterocycles. The standard InChI is InChI=1S/C24H20N4O/c1-16-7-9-18(10-8-16)22-15-21(17-5-3-2-4-6-17)26-24(27-22)23(28-25)19-11-13-20(29)14-12-19/h2-15,29H,25H2,1H3. The summed E-state index contributed by atoms with van der Waals surface area (Å²) in [6, 6.07) is 26.7. The second-order valence-corrected chi connectivity index (χ2v) is 6.72. The molecule has 3 N–H and O–H groups in total. The van der Waals surface area contributed by atoms with Crippen molar-refractivity contribution in [3.63, 3.8) is 0 Å². The van der Waals surface area contributed by atoms with Gasteiger partial charge in [-0.3, -0.25) is 0 Å². The van der Waals surface area contributed by atoms with Gasteiger partial charge in [0.15, 0.2) is 5.82 Å². The smallest absolute Gasteiger partial charge is 0.181 e. The summed E-state index contributed by atoms with van der Waals surface area (Å²) in [6.07, 6.45) is 0. The molecule has 142 valence electrons. The molecule has 0 unspecified atom stereocenters. The minimum absolute atomic E-state index is 0.171. The molecule has 0 aliphatic rings. The number of aromatic nitrogens is 2. The van der Waals surface area contributed by atoms with Crippen LogP contribution in [0.5, 0.6) is 5.75 Å². The number of phenolic OH excluding ortho intramolecular Hbond substituents is 1. The van der Waals surface area contributed by atoms with E-state index in [4.69, 9.17) is 15.8 Å². The van der Waals surface area contributed by atoms with Gasteiger partial charge in [-0.05, 0) is 37.3 Å². The fourth-order valence-electron chi connectivity index (χ4n) is 3.06. The zero-order valence-electron chi connectivity index (χ0n) is 15.9. The van der Waals surface area contributed by atoms with Crippen LogP contribution in [0, 0.1) is 6.92 Å². The summed E-state index contributed by atoms with van der Waals surface area (Å²) in [5.41, 5.74) is 5.89. The number of aromatic hydroxyl groups is 1. The fraction of sp³-hybridized carbons (Fsp3) is 0.0417. The van der Waals surface area contributed by atoms with Crippen LogP contribution >= 0.6 is 0 Å². The van der Waals surface area contributed by atoms with Crippen molar-refractivity contribution in [2.75, 3.05) is 0 Å². The second kappa shape index (κ2) is 7.94. The Labute approximate surface area is 169 Å². The highest BCUT2D eigenvalue weighted by atomic mass is 16.3. The molecule has 0 aliphatic carbocycles. The maximum atomic E-state index is 9.59. The largest absolute Gasteiger partial charge is 0.508 e. The van der Waals surface area contributed by atoms with Gasteiger partial charge in [0.25, 0.3) is 0 Å². The van der Waals surface area contributed by atoms with Crippen molar-refractivity contribution in [1.82, 2.24) is 9.97 Å². The molecule has 29 heavy (non-hydrogen) atoms. The first kappa shape index (κ1) is 18.4. The van der Waals surface area contributed by atoms with Crippen molar-refractivity contribution in [3.8, 4) is 28.3 Å². The number of hydrogen-bond donors (Lipinski definition) is 2. The van der Waals surface area contributed by atoms with E-state index in [9.17, 15) is 5.11 Å². The molecule has 0 fully saturated rings. The van der Waals surface area contributed by atoms with Gasteiger partial charge in [-0.15, -0.1) is 0 Å². The first-order valence-corrected chi connectivity index (χ1v) is 9.23. The van der Waals surface area contributed by atoms with Crippen LogP contribution in [-0.2, 0) is 0 Å². The monoisotopic (exact) mass is 380 g/mol. The maximum absolute atomic E-state index is 9.59. The topological polar surface area (TPSA) is 84.4 Å². The van der Waals surface area contributed by atoms with Gasteiger partial charge < -0.3 is 10.9 Å². The van der Waals surface area contributed by atoms with Crippen LogP contribution < -0.4 is 5.84 Å². The first-order valence-electron chi connectivity index (χ1n) is 9.23. The van der Waals surface area contributed by atoms with E-state index in [1.165, 1.54) is 5.56 Å². The van der Waals surface area contributed by atoms with E-state index in [1.54, 1.807) is 24.3 Å². The van der Waals surface area contributed by atoms with Crippen molar-refractivity contribution < 1.29 is 5.11 Å². The minimum Gasteiger partial charge on any atom is -0.508 e. The van der Waals surface area contributed by atoms with Gasteiger partial charge in [-0.1, -0.05) is 60.2 Å². The van der Waals surface area contributed by atoms with Crippen molar-refractivity contribution in [3.05, 3.63) is 102 Å². The summed E-state index contributed by atoms with van der Waals surface area (Å²) < 4.78 is 0. The third-order valence-electron chi connectivity index (χ3n) is 4.62. The number of hydrogen-bond acceptors (Lipinski definition) is 5. The highest BCUT2D eigenvalue weighted by Gasteiger charge is 2.15. The van der Waals surface area contributed by atoms with Crippen molar-refractivity contribution in [2.24, 2.45) is 10.9 Å². The summed E-state index contributed by atoms with van der Waals surface area (Å²) in [6.45, 7) is 2.05. The first-order chi connectivity index (χ1) is 14.1. The highest BCUT2D eigenvalue weighted by Crippen LogP contribution is 2.25. The summed E-state index contributed by atoms with van der Waals surface area (Å²) in [5, 5.41) is 13.5. The molecule has 0 amide bonds. The molecule has 0 spiro atoms. The van der Waals surface area contributed by atoms with E-state index in [0.29, 0.717) is 11.5 Å². The van der Waals surface area contributed by atoms with Gasteiger partial charge in [-0.25, -0.2) is 9.97 Å². The third-order valence-corrected chi connectivity index (χ3v) is 4.62. The van der Waals surface area contributed by atoms with Gasteiger partial charge in [0.05, 0.1) is 11.4 Å². The van der Waals surface area contributed by atoms with Crippen molar-refractivity contribution in [1.29, 1.82) is 0 Å². The lowest BCUT2D eigenvalue weighted by Gasteiger charge is -2.11. The third kappa shape index (κ3) is 3.99. The zero-order chi connectivity index (χ0) is 20.2. The molecule has 5 nitrogen and oxygen atoms in total. The van der Waals surface area contributed by atoms with E-state index in [1.807, 2.05) is 48.5 Å². The zero-order valence-corrected chi connectivity index (χ0v) is 15.9. The number of rotatable bonds is 4. The van der Waals surface area contributed by atoms with Crippen molar-refractivity contribution >= 4 is 5.71 Å². The summed E-state index contributed by atoms with van der Waals surface area (Å²) in [4.78, 5) is 9.48. The Morgan fingerprint density at radius 1 is 0.793 bits per heavy atom. The molecule has 0 bridgehead atoms. The van der Waals surface area contributed by atoms with Crippen LogP contribution in [0.25, 0.3) is 22.5 Å².